The highest BCUT2D eigenvalue weighted by Crippen LogP contribution is 2.37. The van der Waals surface area contributed by atoms with Crippen LogP contribution in [0.15, 0.2) is 0 Å². The summed E-state index contributed by atoms with van der Waals surface area (Å²) in [7, 11) is 2.07. The van der Waals surface area contributed by atoms with Crippen LogP contribution in [0.25, 0.3) is 0 Å². The minimum atomic E-state index is -0.872. The van der Waals surface area contributed by atoms with E-state index in [-0.39, 0.29) is 0 Å². The first-order chi connectivity index (χ1) is 6.83. The summed E-state index contributed by atoms with van der Waals surface area (Å²) in [5.74, 6) is 1.29. The number of nitrogens with two attached hydrogens (primary N) is 2. The third-order valence-electron chi connectivity index (χ3n) is 3.40. The van der Waals surface area contributed by atoms with Crippen LogP contribution in [0.3, 0.4) is 0 Å². The van der Waals surface area contributed by atoms with Crippen LogP contribution in [0, 0.1) is 11.8 Å². The van der Waals surface area contributed by atoms with Gasteiger partial charge in [-0.25, -0.2) is 0 Å². The van der Waals surface area contributed by atoms with Crippen molar-refractivity contribution in [2.45, 2.75) is 32.2 Å². The number of primary amides is 1. The van der Waals surface area contributed by atoms with Crippen molar-refractivity contribution in [1.82, 2.24) is 4.90 Å². The number of rotatable bonds is 6. The predicted octanol–water partition coefficient (Wildman–Crippen LogP) is 0.167. The van der Waals surface area contributed by atoms with Crippen LogP contribution >= 0.6 is 0 Å². The van der Waals surface area contributed by atoms with Crippen molar-refractivity contribution in [2.75, 3.05) is 20.1 Å². The number of nitrogens with zero attached hydrogens (tertiary/aromatic N) is 1. The fraction of sp³-hybridized carbons (Fsp3) is 0.909. The molecular weight excluding hydrogens is 190 g/mol. The molecule has 4 N–H and O–H groups in total. The molecule has 1 aliphatic rings. The summed E-state index contributed by atoms with van der Waals surface area (Å²) in [5.41, 5.74) is 10.1. The van der Waals surface area contributed by atoms with Gasteiger partial charge in [-0.05, 0) is 38.6 Å². The van der Waals surface area contributed by atoms with E-state index in [0.717, 1.165) is 24.9 Å². The fourth-order valence-electron chi connectivity index (χ4n) is 1.69. The van der Waals surface area contributed by atoms with Crippen molar-refractivity contribution in [3.05, 3.63) is 0 Å². The van der Waals surface area contributed by atoms with Crippen molar-refractivity contribution in [3.8, 4) is 0 Å². The van der Waals surface area contributed by atoms with Gasteiger partial charge in [0, 0.05) is 13.1 Å². The van der Waals surface area contributed by atoms with Crippen LogP contribution in [0.5, 0.6) is 0 Å². The van der Waals surface area contributed by atoms with Gasteiger partial charge in [0.25, 0.3) is 0 Å². The van der Waals surface area contributed by atoms with E-state index in [1.165, 1.54) is 6.42 Å². The van der Waals surface area contributed by atoms with Gasteiger partial charge in [0.2, 0.25) is 5.91 Å². The van der Waals surface area contributed by atoms with E-state index < -0.39 is 11.4 Å². The summed E-state index contributed by atoms with van der Waals surface area (Å²) in [6, 6.07) is 0. The van der Waals surface area contributed by atoms with Gasteiger partial charge in [-0.3, -0.25) is 4.79 Å². The Balaban J connectivity index is 2.21. The molecule has 0 saturated heterocycles. The van der Waals surface area contributed by atoms with E-state index in [1.807, 2.05) is 0 Å². The van der Waals surface area contributed by atoms with Gasteiger partial charge in [-0.15, -0.1) is 0 Å². The van der Waals surface area contributed by atoms with Crippen LogP contribution in [0.4, 0.5) is 0 Å². The van der Waals surface area contributed by atoms with E-state index in [9.17, 15) is 4.79 Å². The Morgan fingerprint density at radius 1 is 1.60 bits per heavy atom. The van der Waals surface area contributed by atoms with Crippen molar-refractivity contribution >= 4 is 5.91 Å². The maximum absolute atomic E-state index is 11.0. The lowest BCUT2D eigenvalue weighted by atomic mass is 9.98. The minimum absolute atomic E-state index is 0.421. The smallest absolute Gasteiger partial charge is 0.237 e. The van der Waals surface area contributed by atoms with Gasteiger partial charge in [0.05, 0.1) is 5.54 Å². The third kappa shape index (κ3) is 3.80. The monoisotopic (exact) mass is 213 g/mol. The van der Waals surface area contributed by atoms with E-state index in [1.54, 1.807) is 6.92 Å². The molecule has 0 aromatic rings. The lowest BCUT2D eigenvalue weighted by molar-refractivity contribution is -0.122. The summed E-state index contributed by atoms with van der Waals surface area (Å²) >= 11 is 0. The maximum atomic E-state index is 11.0. The Morgan fingerprint density at radius 3 is 2.53 bits per heavy atom. The molecule has 4 heteroatoms. The van der Waals surface area contributed by atoms with E-state index in [0.29, 0.717) is 6.42 Å². The molecular formula is C11H23N3O. The second-order valence-electron chi connectivity index (χ2n) is 5.27. The van der Waals surface area contributed by atoms with E-state index >= 15 is 0 Å². The number of amides is 1. The number of hydrogen-bond donors (Lipinski definition) is 2. The van der Waals surface area contributed by atoms with Crippen molar-refractivity contribution in [3.63, 3.8) is 0 Å². The zero-order chi connectivity index (χ0) is 11.6. The number of hydrogen-bond acceptors (Lipinski definition) is 3. The Kier molecular flexibility index (Phi) is 3.73. The van der Waals surface area contributed by atoms with Crippen LogP contribution in [-0.2, 0) is 4.79 Å². The average molecular weight is 213 g/mol. The lowest BCUT2D eigenvalue weighted by Crippen LogP contribution is -2.51. The molecule has 0 radical (unpaired) electrons. The van der Waals surface area contributed by atoms with Crippen molar-refractivity contribution < 1.29 is 4.79 Å². The molecule has 15 heavy (non-hydrogen) atoms. The first kappa shape index (κ1) is 12.5. The molecule has 0 heterocycles. The quantitative estimate of drug-likeness (QED) is 0.660. The first-order valence-corrected chi connectivity index (χ1v) is 5.60. The Morgan fingerprint density at radius 2 is 2.13 bits per heavy atom. The third-order valence-corrected chi connectivity index (χ3v) is 3.40. The molecule has 1 rings (SSSR count). The molecule has 0 aromatic carbocycles. The SMILES string of the molecule is CC1CC1CN(C)CCC(C)(N)C(N)=O. The molecule has 4 nitrogen and oxygen atoms in total. The summed E-state index contributed by atoms with van der Waals surface area (Å²) in [4.78, 5) is 13.2. The number of carbonyl (C=O) groups is 1. The van der Waals surface area contributed by atoms with E-state index in [4.69, 9.17) is 11.5 Å². The zero-order valence-electron chi connectivity index (χ0n) is 9.99. The Labute approximate surface area is 92.0 Å². The molecule has 1 fully saturated rings. The molecule has 88 valence electrons. The zero-order valence-corrected chi connectivity index (χ0v) is 9.99. The lowest BCUT2D eigenvalue weighted by Gasteiger charge is -2.24. The molecule has 3 unspecified atom stereocenters. The summed E-state index contributed by atoms with van der Waals surface area (Å²) in [6.45, 7) is 5.91. The summed E-state index contributed by atoms with van der Waals surface area (Å²) < 4.78 is 0. The van der Waals surface area contributed by atoms with Gasteiger partial charge in [-0.2, -0.15) is 0 Å². The largest absolute Gasteiger partial charge is 0.368 e. The molecule has 1 amide bonds. The fourth-order valence-corrected chi connectivity index (χ4v) is 1.69. The number of carbonyl (C=O) groups excluding carboxylic acids is 1. The standard InChI is InChI=1S/C11H23N3O/c1-8-6-9(8)7-14(3)5-4-11(2,13)10(12)15/h8-9H,4-7,13H2,1-3H3,(H2,12,15). The van der Waals surface area contributed by atoms with Gasteiger partial charge in [0.1, 0.15) is 0 Å². The van der Waals surface area contributed by atoms with Crippen molar-refractivity contribution in [1.29, 1.82) is 0 Å². The van der Waals surface area contributed by atoms with Gasteiger partial charge >= 0.3 is 0 Å². The van der Waals surface area contributed by atoms with Crippen LogP contribution in [0.2, 0.25) is 0 Å². The second kappa shape index (κ2) is 4.49. The van der Waals surface area contributed by atoms with Gasteiger partial charge < -0.3 is 16.4 Å². The van der Waals surface area contributed by atoms with Crippen LogP contribution in [0.1, 0.15) is 26.7 Å². The molecule has 0 spiro atoms. The highest BCUT2D eigenvalue weighted by molar-refractivity contribution is 5.83. The summed E-state index contributed by atoms with van der Waals surface area (Å²) in [5, 5.41) is 0. The molecule has 0 aliphatic heterocycles. The highest BCUT2D eigenvalue weighted by atomic mass is 16.1. The first-order valence-electron chi connectivity index (χ1n) is 5.60. The predicted molar refractivity (Wildman–Crippen MR) is 61.2 cm³/mol. The molecule has 3 atom stereocenters. The maximum Gasteiger partial charge on any atom is 0.237 e. The normalized spacial score (nSPS) is 28.9. The molecule has 1 aliphatic carbocycles. The molecule has 0 bridgehead atoms. The van der Waals surface area contributed by atoms with E-state index in [2.05, 4.69) is 18.9 Å². The summed E-state index contributed by atoms with van der Waals surface area (Å²) in [6.07, 6.45) is 1.96. The Bertz CT molecular complexity index is 240. The average Bonchev–Trinajstić information content (AvgIpc) is 2.78. The van der Waals surface area contributed by atoms with Crippen LogP contribution < -0.4 is 11.5 Å². The minimum Gasteiger partial charge on any atom is -0.368 e. The second-order valence-corrected chi connectivity index (χ2v) is 5.27. The van der Waals surface area contributed by atoms with Gasteiger partial charge in [-0.1, -0.05) is 6.92 Å². The van der Waals surface area contributed by atoms with Gasteiger partial charge in [0.15, 0.2) is 0 Å². The molecule has 0 aromatic heterocycles. The topological polar surface area (TPSA) is 72.3 Å². The van der Waals surface area contributed by atoms with Crippen LogP contribution in [-0.4, -0.2) is 36.5 Å². The Hall–Kier alpha value is -0.610. The highest BCUT2D eigenvalue weighted by Gasteiger charge is 2.33. The molecule has 1 saturated carbocycles. The van der Waals surface area contributed by atoms with Crippen molar-refractivity contribution in [2.24, 2.45) is 23.3 Å².